The number of rotatable bonds is 9. The van der Waals surface area contributed by atoms with Gasteiger partial charge in [0.05, 0.1) is 18.1 Å². The van der Waals surface area contributed by atoms with Crippen LogP contribution in [0.25, 0.3) is 10.2 Å². The minimum Gasteiger partial charge on any atom is -0.494 e. The van der Waals surface area contributed by atoms with E-state index in [0.717, 1.165) is 23.2 Å². The molecule has 2 aromatic heterocycles. The zero-order chi connectivity index (χ0) is 24.9. The summed E-state index contributed by atoms with van der Waals surface area (Å²) >= 11 is 1.45. The molecule has 0 radical (unpaired) electrons. The highest BCUT2D eigenvalue weighted by atomic mass is 35.5. The van der Waals surface area contributed by atoms with Crippen molar-refractivity contribution in [2.75, 3.05) is 18.6 Å². The van der Waals surface area contributed by atoms with E-state index in [1.54, 1.807) is 60.9 Å². The highest BCUT2D eigenvalue weighted by Crippen LogP contribution is 2.34. The van der Waals surface area contributed by atoms with Crippen LogP contribution in [-0.2, 0) is 6.54 Å². The van der Waals surface area contributed by atoms with Crippen molar-refractivity contribution in [2.24, 2.45) is 0 Å². The second-order valence-electron chi connectivity index (χ2n) is 8.19. The van der Waals surface area contributed by atoms with E-state index in [2.05, 4.69) is 4.98 Å². The van der Waals surface area contributed by atoms with Crippen molar-refractivity contribution in [1.29, 1.82) is 0 Å². The minimum absolute atomic E-state index is 0. The predicted octanol–water partition coefficient (Wildman–Crippen LogP) is 5.89. The van der Waals surface area contributed by atoms with E-state index in [4.69, 9.17) is 9.72 Å². The van der Waals surface area contributed by atoms with Crippen LogP contribution in [0.3, 0.4) is 0 Å². The van der Waals surface area contributed by atoms with Gasteiger partial charge in [0.25, 0.3) is 5.91 Å². The largest absolute Gasteiger partial charge is 0.494 e. The number of halogens is 1. The molecule has 37 heavy (non-hydrogen) atoms. The third kappa shape index (κ3) is 5.71. The van der Waals surface area contributed by atoms with Crippen LogP contribution >= 0.6 is 23.7 Å². The maximum atomic E-state index is 13.7. The standard InChI is InChI=1S/C28H24N4O3S.ClH/c1-35-23-9-5-10-24-25(23)30-28(36-24)32(17-6-16-31-18-15-29-19-31)27(34)22-13-11-21(12-14-22)26(33)20-7-3-2-4-8-20;/h2-5,7-15,18-19H,6,16-17H2,1H3;1H. The van der Waals surface area contributed by atoms with Gasteiger partial charge in [0.2, 0.25) is 0 Å². The molecule has 1 amide bonds. The number of hydrogen-bond acceptors (Lipinski definition) is 6. The second kappa shape index (κ2) is 11.8. The number of ketones is 1. The number of nitrogens with zero attached hydrogens (tertiary/aromatic N) is 4. The van der Waals surface area contributed by atoms with E-state index in [-0.39, 0.29) is 24.1 Å². The second-order valence-corrected chi connectivity index (χ2v) is 9.20. The highest BCUT2D eigenvalue weighted by molar-refractivity contribution is 7.22. The number of thiazole rings is 1. The Hall–Kier alpha value is -4.01. The molecule has 188 valence electrons. The molecule has 0 N–H and O–H groups in total. The van der Waals surface area contributed by atoms with Crippen molar-refractivity contribution in [1.82, 2.24) is 14.5 Å². The number of aromatic nitrogens is 3. The zero-order valence-electron chi connectivity index (χ0n) is 20.1. The van der Waals surface area contributed by atoms with E-state index < -0.39 is 0 Å². The molecule has 7 nitrogen and oxygen atoms in total. The predicted molar refractivity (Wildman–Crippen MR) is 148 cm³/mol. The first-order valence-electron chi connectivity index (χ1n) is 11.5. The van der Waals surface area contributed by atoms with Gasteiger partial charge in [-0.05, 0) is 30.7 Å². The number of amides is 1. The molecule has 0 bridgehead atoms. The average Bonchev–Trinajstić information content (AvgIpc) is 3.61. The highest BCUT2D eigenvalue weighted by Gasteiger charge is 2.22. The monoisotopic (exact) mass is 532 g/mol. The van der Waals surface area contributed by atoms with Gasteiger partial charge in [-0.1, -0.05) is 59.9 Å². The van der Waals surface area contributed by atoms with E-state index in [1.807, 2.05) is 47.2 Å². The summed E-state index contributed by atoms with van der Waals surface area (Å²) in [7, 11) is 1.61. The molecule has 5 aromatic rings. The van der Waals surface area contributed by atoms with Crippen molar-refractivity contribution < 1.29 is 14.3 Å². The topological polar surface area (TPSA) is 77.3 Å². The lowest BCUT2D eigenvalue weighted by Gasteiger charge is -2.20. The zero-order valence-corrected chi connectivity index (χ0v) is 21.7. The number of imidazole rings is 1. The molecule has 5 rings (SSSR count). The molecule has 0 saturated heterocycles. The summed E-state index contributed by atoms with van der Waals surface area (Å²) in [5.74, 6) is 0.423. The lowest BCUT2D eigenvalue weighted by molar-refractivity contribution is 0.0984. The molecular formula is C28H25ClN4O3S. The summed E-state index contributed by atoms with van der Waals surface area (Å²) in [5.41, 5.74) is 2.37. The van der Waals surface area contributed by atoms with Gasteiger partial charge in [-0.3, -0.25) is 14.5 Å². The third-order valence-corrected chi connectivity index (χ3v) is 6.90. The Morgan fingerprint density at radius 3 is 2.38 bits per heavy atom. The third-order valence-electron chi connectivity index (χ3n) is 5.85. The van der Waals surface area contributed by atoms with Gasteiger partial charge in [0, 0.05) is 42.2 Å². The SMILES string of the molecule is COc1cccc2sc(N(CCCn3ccnc3)C(=O)c3ccc(C(=O)c4ccccc4)cc3)nc12.Cl. The van der Waals surface area contributed by atoms with Crippen molar-refractivity contribution >= 4 is 50.8 Å². The summed E-state index contributed by atoms with van der Waals surface area (Å²) in [6.07, 6.45) is 6.12. The van der Waals surface area contributed by atoms with Gasteiger partial charge in [-0.25, -0.2) is 9.97 Å². The first-order chi connectivity index (χ1) is 17.6. The van der Waals surface area contributed by atoms with Crippen LogP contribution in [0, 0.1) is 0 Å². The fraction of sp³-hybridized carbons (Fsp3) is 0.143. The van der Waals surface area contributed by atoms with Gasteiger partial charge >= 0.3 is 0 Å². The van der Waals surface area contributed by atoms with E-state index in [1.165, 1.54) is 11.3 Å². The fourth-order valence-corrected chi connectivity index (χ4v) is 4.99. The van der Waals surface area contributed by atoms with Crippen LogP contribution in [0.1, 0.15) is 32.7 Å². The average molecular weight is 533 g/mol. The van der Waals surface area contributed by atoms with Gasteiger partial charge in [-0.2, -0.15) is 0 Å². The van der Waals surface area contributed by atoms with Crippen LogP contribution in [0.2, 0.25) is 0 Å². The summed E-state index contributed by atoms with van der Waals surface area (Å²) in [5, 5.41) is 0.606. The van der Waals surface area contributed by atoms with Crippen molar-refractivity contribution in [2.45, 2.75) is 13.0 Å². The van der Waals surface area contributed by atoms with E-state index in [9.17, 15) is 9.59 Å². The molecule has 0 saturated carbocycles. The van der Waals surface area contributed by atoms with E-state index in [0.29, 0.717) is 34.1 Å². The molecule has 0 aliphatic heterocycles. The molecule has 0 aliphatic carbocycles. The number of methoxy groups -OCH3 is 1. The lowest BCUT2D eigenvalue weighted by Crippen LogP contribution is -2.32. The fourth-order valence-electron chi connectivity index (χ4n) is 3.98. The molecule has 0 atom stereocenters. The summed E-state index contributed by atoms with van der Waals surface area (Å²) in [6.45, 7) is 1.20. The van der Waals surface area contributed by atoms with Crippen molar-refractivity contribution in [3.8, 4) is 5.75 Å². The van der Waals surface area contributed by atoms with Gasteiger partial charge in [0.15, 0.2) is 10.9 Å². The Morgan fingerprint density at radius 2 is 1.68 bits per heavy atom. The first kappa shape index (κ1) is 26.1. The van der Waals surface area contributed by atoms with Crippen LogP contribution in [0.15, 0.2) is 91.5 Å². The van der Waals surface area contributed by atoms with Crippen molar-refractivity contribution in [3.05, 3.63) is 108 Å². The number of ether oxygens (including phenoxy) is 1. The molecule has 0 fully saturated rings. The van der Waals surface area contributed by atoms with Gasteiger partial charge in [-0.15, -0.1) is 12.4 Å². The molecule has 0 spiro atoms. The smallest absolute Gasteiger partial charge is 0.260 e. The number of carbonyl (C=O) groups excluding carboxylic acids is 2. The molecule has 0 aliphatic rings. The maximum Gasteiger partial charge on any atom is 0.260 e. The molecule has 0 unspecified atom stereocenters. The number of anilines is 1. The molecule has 2 heterocycles. The van der Waals surface area contributed by atoms with Crippen LogP contribution in [0.4, 0.5) is 5.13 Å². The van der Waals surface area contributed by atoms with Crippen LogP contribution in [-0.4, -0.2) is 39.9 Å². The summed E-state index contributed by atoms with van der Waals surface area (Å²) in [4.78, 5) is 37.0. The lowest BCUT2D eigenvalue weighted by atomic mass is 10.0. The van der Waals surface area contributed by atoms with Crippen LogP contribution in [0.5, 0.6) is 5.75 Å². The van der Waals surface area contributed by atoms with Gasteiger partial charge < -0.3 is 9.30 Å². The molecular weight excluding hydrogens is 508 g/mol. The summed E-state index contributed by atoms with van der Waals surface area (Å²) in [6, 6.07) is 21.7. The van der Waals surface area contributed by atoms with E-state index >= 15 is 0 Å². The molecule has 3 aromatic carbocycles. The first-order valence-corrected chi connectivity index (χ1v) is 12.4. The Morgan fingerprint density at radius 1 is 0.946 bits per heavy atom. The number of fused-ring (bicyclic) bond motifs is 1. The number of carbonyl (C=O) groups is 2. The number of benzene rings is 3. The Balaban J connectivity index is 0.00000320. The Kier molecular flexibility index (Phi) is 8.32. The van der Waals surface area contributed by atoms with Crippen LogP contribution < -0.4 is 9.64 Å². The number of aryl methyl sites for hydroxylation is 1. The van der Waals surface area contributed by atoms with Gasteiger partial charge in [0.1, 0.15) is 11.3 Å². The maximum absolute atomic E-state index is 13.7. The molecule has 9 heteroatoms. The Bertz CT molecular complexity index is 1490. The minimum atomic E-state index is -0.169. The number of para-hydroxylation sites is 1. The summed E-state index contributed by atoms with van der Waals surface area (Å²) < 4.78 is 8.39. The number of hydrogen-bond donors (Lipinski definition) is 0. The van der Waals surface area contributed by atoms with Crippen molar-refractivity contribution in [3.63, 3.8) is 0 Å². The normalized spacial score (nSPS) is 10.6. The quantitative estimate of drug-likeness (QED) is 0.221. The Labute approximate surface area is 224 Å².